The molecule has 2 N–H and O–H groups in total. The third-order valence-electron chi connectivity index (χ3n) is 3.24. The predicted molar refractivity (Wildman–Crippen MR) is 96.2 cm³/mol. The molecule has 0 saturated heterocycles. The van der Waals surface area contributed by atoms with Gasteiger partial charge in [-0.15, -0.1) is 0 Å². The molecule has 0 fully saturated rings. The molecule has 132 valence electrons. The van der Waals surface area contributed by atoms with E-state index in [1.54, 1.807) is 63.4 Å². The number of anilines is 1. The van der Waals surface area contributed by atoms with Gasteiger partial charge in [-0.25, -0.2) is 4.79 Å². The van der Waals surface area contributed by atoms with E-state index in [2.05, 4.69) is 15.6 Å². The van der Waals surface area contributed by atoms with Gasteiger partial charge >= 0.3 is 6.09 Å². The first kappa shape index (κ1) is 18.4. The maximum Gasteiger partial charge on any atom is 0.408 e. The van der Waals surface area contributed by atoms with Crippen LogP contribution < -0.4 is 10.6 Å². The van der Waals surface area contributed by atoms with Crippen molar-refractivity contribution >= 4 is 17.7 Å². The van der Waals surface area contributed by atoms with Crippen LogP contribution in [0.1, 0.15) is 38.1 Å². The summed E-state index contributed by atoms with van der Waals surface area (Å²) >= 11 is 0. The maximum absolute atomic E-state index is 12.7. The van der Waals surface area contributed by atoms with Crippen LogP contribution in [-0.2, 0) is 9.53 Å². The van der Waals surface area contributed by atoms with Crippen LogP contribution in [0.15, 0.2) is 48.7 Å². The van der Waals surface area contributed by atoms with Crippen LogP contribution in [-0.4, -0.2) is 22.6 Å². The van der Waals surface area contributed by atoms with E-state index < -0.39 is 17.7 Å². The van der Waals surface area contributed by atoms with Gasteiger partial charge in [0, 0.05) is 5.69 Å². The van der Waals surface area contributed by atoms with Gasteiger partial charge < -0.3 is 15.4 Å². The number of amides is 2. The number of hydrogen-bond donors (Lipinski definition) is 2. The summed E-state index contributed by atoms with van der Waals surface area (Å²) in [5, 5.41) is 5.39. The molecule has 0 aliphatic carbocycles. The van der Waals surface area contributed by atoms with Crippen molar-refractivity contribution in [2.45, 2.75) is 39.3 Å². The normalized spacial score (nSPS) is 12.2. The number of aryl methyl sites for hydroxylation is 1. The van der Waals surface area contributed by atoms with Crippen LogP contribution in [0.5, 0.6) is 0 Å². The van der Waals surface area contributed by atoms with Gasteiger partial charge in [0.2, 0.25) is 0 Å². The summed E-state index contributed by atoms with van der Waals surface area (Å²) in [5.74, 6) is -0.372. The molecule has 6 nitrogen and oxygen atoms in total. The van der Waals surface area contributed by atoms with Crippen LogP contribution in [0.2, 0.25) is 0 Å². The number of carbonyl (C=O) groups is 2. The number of pyridine rings is 1. The van der Waals surface area contributed by atoms with Crippen molar-refractivity contribution in [3.8, 4) is 0 Å². The fraction of sp³-hybridized carbons (Fsp3) is 0.316. The molecule has 0 saturated carbocycles. The number of ether oxygens (including phenoxy) is 1. The summed E-state index contributed by atoms with van der Waals surface area (Å²) in [6.45, 7) is 7.16. The first-order chi connectivity index (χ1) is 11.7. The number of carbonyl (C=O) groups excluding carboxylic acids is 2. The smallest absolute Gasteiger partial charge is 0.408 e. The molecule has 6 heteroatoms. The van der Waals surface area contributed by atoms with Gasteiger partial charge in [0.1, 0.15) is 11.6 Å². The second-order valence-corrected chi connectivity index (χ2v) is 6.67. The van der Waals surface area contributed by atoms with Crippen LogP contribution in [0.4, 0.5) is 10.5 Å². The van der Waals surface area contributed by atoms with Crippen molar-refractivity contribution in [2.24, 2.45) is 0 Å². The Labute approximate surface area is 147 Å². The molecular formula is C19H23N3O3. The Morgan fingerprint density at radius 2 is 1.76 bits per heavy atom. The molecule has 1 heterocycles. The van der Waals surface area contributed by atoms with E-state index in [1.807, 2.05) is 13.0 Å². The Morgan fingerprint density at radius 1 is 1.08 bits per heavy atom. The highest BCUT2D eigenvalue weighted by Crippen LogP contribution is 2.17. The lowest BCUT2D eigenvalue weighted by molar-refractivity contribution is -0.118. The van der Waals surface area contributed by atoms with E-state index in [0.717, 1.165) is 5.69 Å². The molecule has 1 aromatic heterocycles. The minimum atomic E-state index is -0.877. The number of rotatable bonds is 4. The molecule has 0 spiro atoms. The van der Waals surface area contributed by atoms with Crippen LogP contribution in [0.3, 0.4) is 0 Å². The average molecular weight is 341 g/mol. The molecule has 0 aliphatic heterocycles. The first-order valence-electron chi connectivity index (χ1n) is 8.02. The molecule has 2 rings (SSSR count). The van der Waals surface area contributed by atoms with Gasteiger partial charge in [-0.1, -0.05) is 30.3 Å². The zero-order valence-corrected chi connectivity index (χ0v) is 14.9. The summed E-state index contributed by atoms with van der Waals surface area (Å²) in [6.07, 6.45) is 0.918. The molecule has 0 aliphatic rings. The number of alkyl carbamates (subject to hydrolysis) is 1. The van der Waals surface area contributed by atoms with E-state index in [9.17, 15) is 9.59 Å². The summed E-state index contributed by atoms with van der Waals surface area (Å²) in [5.41, 5.74) is 1.42. The Bertz CT molecular complexity index is 722. The molecular weight excluding hydrogens is 318 g/mol. The zero-order valence-electron chi connectivity index (χ0n) is 14.9. The topological polar surface area (TPSA) is 80.3 Å². The molecule has 1 aromatic carbocycles. The van der Waals surface area contributed by atoms with Gasteiger partial charge in [-0.05, 0) is 45.4 Å². The van der Waals surface area contributed by atoms with Gasteiger partial charge in [0.05, 0.1) is 11.9 Å². The predicted octanol–water partition coefficient (Wildman–Crippen LogP) is 3.59. The molecule has 2 aromatic rings. The minimum absolute atomic E-state index is 0.372. The summed E-state index contributed by atoms with van der Waals surface area (Å²) < 4.78 is 5.26. The summed E-state index contributed by atoms with van der Waals surface area (Å²) in [4.78, 5) is 29.0. The van der Waals surface area contributed by atoms with E-state index in [-0.39, 0.29) is 5.91 Å². The minimum Gasteiger partial charge on any atom is -0.444 e. The Balaban J connectivity index is 2.17. The van der Waals surface area contributed by atoms with Crippen molar-refractivity contribution in [1.82, 2.24) is 10.3 Å². The fourth-order valence-electron chi connectivity index (χ4n) is 2.13. The van der Waals surface area contributed by atoms with Crippen molar-refractivity contribution in [1.29, 1.82) is 0 Å². The second kappa shape index (κ2) is 7.79. The molecule has 25 heavy (non-hydrogen) atoms. The Morgan fingerprint density at radius 3 is 2.32 bits per heavy atom. The van der Waals surface area contributed by atoms with Gasteiger partial charge in [0.25, 0.3) is 5.91 Å². The van der Waals surface area contributed by atoms with Crippen molar-refractivity contribution in [3.63, 3.8) is 0 Å². The number of hydrogen-bond acceptors (Lipinski definition) is 4. The lowest BCUT2D eigenvalue weighted by Crippen LogP contribution is -2.40. The highest BCUT2D eigenvalue weighted by atomic mass is 16.6. The van der Waals surface area contributed by atoms with Crippen LogP contribution in [0, 0.1) is 6.92 Å². The lowest BCUT2D eigenvalue weighted by atomic mass is 10.1. The average Bonchev–Trinajstić information content (AvgIpc) is 2.54. The van der Waals surface area contributed by atoms with Crippen molar-refractivity contribution < 1.29 is 14.3 Å². The van der Waals surface area contributed by atoms with Crippen LogP contribution >= 0.6 is 0 Å². The number of aromatic nitrogens is 1. The van der Waals surface area contributed by atoms with E-state index in [1.165, 1.54) is 0 Å². The van der Waals surface area contributed by atoms with Gasteiger partial charge in [-0.3, -0.25) is 9.78 Å². The molecule has 0 bridgehead atoms. The number of benzene rings is 1. The number of nitrogens with one attached hydrogen (secondary N) is 2. The highest BCUT2D eigenvalue weighted by Gasteiger charge is 2.25. The SMILES string of the molecule is Cc1ccc(NC(=O)C(NC(=O)OC(C)(C)C)c2ccccc2)cn1. The molecule has 1 unspecified atom stereocenters. The monoisotopic (exact) mass is 341 g/mol. The molecule has 1 atom stereocenters. The molecule has 0 radical (unpaired) electrons. The number of nitrogens with zero attached hydrogens (tertiary/aromatic N) is 1. The summed E-state index contributed by atoms with van der Waals surface area (Å²) in [7, 11) is 0. The van der Waals surface area contributed by atoms with Gasteiger partial charge in [-0.2, -0.15) is 0 Å². The third kappa shape index (κ3) is 5.91. The van der Waals surface area contributed by atoms with E-state index >= 15 is 0 Å². The lowest BCUT2D eigenvalue weighted by Gasteiger charge is -2.23. The first-order valence-corrected chi connectivity index (χ1v) is 8.02. The van der Waals surface area contributed by atoms with E-state index in [4.69, 9.17) is 4.74 Å². The van der Waals surface area contributed by atoms with E-state index in [0.29, 0.717) is 11.3 Å². The summed E-state index contributed by atoms with van der Waals surface area (Å²) in [6, 6.07) is 11.7. The highest BCUT2D eigenvalue weighted by molar-refractivity contribution is 5.97. The Kier molecular flexibility index (Phi) is 5.75. The quantitative estimate of drug-likeness (QED) is 0.890. The largest absolute Gasteiger partial charge is 0.444 e. The molecule has 2 amide bonds. The van der Waals surface area contributed by atoms with Crippen molar-refractivity contribution in [3.05, 3.63) is 59.9 Å². The van der Waals surface area contributed by atoms with Gasteiger partial charge in [0.15, 0.2) is 0 Å². The fourth-order valence-corrected chi connectivity index (χ4v) is 2.13. The Hall–Kier alpha value is -2.89. The standard InChI is InChI=1S/C19H23N3O3/c1-13-10-11-15(12-20-13)21-17(23)16(14-8-6-5-7-9-14)22-18(24)25-19(2,3)4/h5-12,16H,1-4H3,(H,21,23)(H,22,24). The third-order valence-corrected chi connectivity index (χ3v) is 3.24. The van der Waals surface area contributed by atoms with Crippen LogP contribution in [0.25, 0.3) is 0 Å². The maximum atomic E-state index is 12.7. The second-order valence-electron chi connectivity index (χ2n) is 6.67. The van der Waals surface area contributed by atoms with Crippen molar-refractivity contribution in [2.75, 3.05) is 5.32 Å². The zero-order chi connectivity index (χ0) is 18.4.